The third-order valence-corrected chi connectivity index (χ3v) is 3.82. The molecule has 134 valence electrons. The average molecular weight is 364 g/mol. The van der Waals surface area contributed by atoms with Crippen LogP contribution in [0, 0.1) is 0 Å². The van der Waals surface area contributed by atoms with E-state index in [1.54, 1.807) is 0 Å². The molecule has 0 saturated heterocycles. The number of halogens is 3. The van der Waals surface area contributed by atoms with E-state index in [0.29, 0.717) is 0 Å². The van der Waals surface area contributed by atoms with Crippen LogP contribution >= 0.6 is 0 Å². The van der Waals surface area contributed by atoms with Crippen LogP contribution < -0.4 is 11.2 Å². The van der Waals surface area contributed by atoms with Crippen molar-refractivity contribution in [1.82, 2.24) is 9.55 Å². The van der Waals surface area contributed by atoms with Crippen LogP contribution in [-0.2, 0) is 12.7 Å². The molecule has 3 aromatic rings. The number of rotatable bonds is 3. The fraction of sp³-hybridized carbons (Fsp3) is 0.118. The van der Waals surface area contributed by atoms with Crippen molar-refractivity contribution in [3.05, 3.63) is 80.0 Å². The van der Waals surface area contributed by atoms with E-state index in [4.69, 9.17) is 5.11 Å². The number of H-pyrrole nitrogens is 1. The zero-order valence-electron chi connectivity index (χ0n) is 13.0. The topological polar surface area (TPSA) is 92.2 Å². The first-order valence-corrected chi connectivity index (χ1v) is 7.33. The summed E-state index contributed by atoms with van der Waals surface area (Å²) >= 11 is 0. The molecule has 26 heavy (non-hydrogen) atoms. The quantitative estimate of drug-likeness (QED) is 0.747. The highest BCUT2D eigenvalue weighted by molar-refractivity contribution is 5.92. The van der Waals surface area contributed by atoms with E-state index >= 15 is 0 Å². The summed E-state index contributed by atoms with van der Waals surface area (Å²) in [6.45, 7) is -0.352. The SMILES string of the molecule is O=C(O)c1ccc2c(=O)n(Cc3cccc(C(F)(F)F)c3)c(=O)[nH]c2c1. The number of nitrogens with one attached hydrogen (secondary N) is 1. The molecule has 3 rings (SSSR count). The molecule has 0 bridgehead atoms. The standard InChI is InChI=1S/C17H11F3N2O4/c18-17(19,20)11-3-1-2-9(6-11)8-22-14(23)12-5-4-10(15(24)25)7-13(12)21-16(22)26/h1-7H,8H2,(H,21,26)(H,24,25). The monoisotopic (exact) mass is 364 g/mol. The minimum Gasteiger partial charge on any atom is -0.478 e. The van der Waals surface area contributed by atoms with Gasteiger partial charge in [-0.05, 0) is 35.9 Å². The summed E-state index contributed by atoms with van der Waals surface area (Å²) in [5.74, 6) is -1.22. The van der Waals surface area contributed by atoms with Gasteiger partial charge in [0.25, 0.3) is 5.56 Å². The van der Waals surface area contributed by atoms with E-state index < -0.39 is 29.0 Å². The van der Waals surface area contributed by atoms with E-state index in [1.807, 2.05) is 0 Å². The molecule has 1 heterocycles. The number of aromatic amines is 1. The lowest BCUT2D eigenvalue weighted by Crippen LogP contribution is -2.35. The molecule has 2 N–H and O–H groups in total. The number of hydrogen-bond donors (Lipinski definition) is 2. The summed E-state index contributed by atoms with van der Waals surface area (Å²) in [5.41, 5.74) is -2.38. The number of carboxylic acids is 1. The minimum absolute atomic E-state index is 0.0418. The maximum absolute atomic E-state index is 12.8. The van der Waals surface area contributed by atoms with Crippen LogP contribution in [0.3, 0.4) is 0 Å². The Morgan fingerprint density at radius 1 is 1.12 bits per heavy atom. The molecule has 0 amide bonds. The van der Waals surface area contributed by atoms with Gasteiger partial charge in [0.05, 0.1) is 28.6 Å². The van der Waals surface area contributed by atoms with Gasteiger partial charge in [-0.1, -0.05) is 12.1 Å². The molecule has 6 nitrogen and oxygen atoms in total. The molecule has 0 atom stereocenters. The molecule has 9 heteroatoms. The fourth-order valence-corrected chi connectivity index (χ4v) is 2.56. The lowest BCUT2D eigenvalue weighted by Gasteiger charge is -2.10. The normalized spacial score (nSPS) is 11.7. The zero-order valence-corrected chi connectivity index (χ0v) is 13.0. The average Bonchev–Trinajstić information content (AvgIpc) is 2.57. The molecule has 0 aliphatic rings. The predicted molar refractivity (Wildman–Crippen MR) is 86.3 cm³/mol. The lowest BCUT2D eigenvalue weighted by molar-refractivity contribution is -0.137. The first-order valence-electron chi connectivity index (χ1n) is 7.33. The highest BCUT2D eigenvalue weighted by atomic mass is 19.4. The molecule has 0 radical (unpaired) electrons. The van der Waals surface area contributed by atoms with Crippen molar-refractivity contribution in [2.75, 3.05) is 0 Å². The van der Waals surface area contributed by atoms with Gasteiger partial charge in [-0.25, -0.2) is 9.59 Å². The molecule has 0 spiro atoms. The van der Waals surface area contributed by atoms with Gasteiger partial charge in [0.1, 0.15) is 0 Å². The number of carboxylic acid groups (broad SMARTS) is 1. The molecule has 1 aromatic heterocycles. The number of aromatic nitrogens is 2. The van der Waals surface area contributed by atoms with Crippen LogP contribution in [0.1, 0.15) is 21.5 Å². The number of alkyl halides is 3. The van der Waals surface area contributed by atoms with E-state index in [-0.39, 0.29) is 28.6 Å². The summed E-state index contributed by atoms with van der Waals surface area (Å²) in [4.78, 5) is 38.0. The summed E-state index contributed by atoms with van der Waals surface area (Å²) in [6, 6.07) is 7.93. The number of carbonyl (C=O) groups is 1. The Balaban J connectivity index is 2.09. The van der Waals surface area contributed by atoms with Gasteiger partial charge in [0, 0.05) is 0 Å². The number of benzene rings is 2. The van der Waals surface area contributed by atoms with Crippen molar-refractivity contribution >= 4 is 16.9 Å². The Labute approximate surface area is 143 Å². The van der Waals surface area contributed by atoms with Gasteiger partial charge in [-0.3, -0.25) is 9.36 Å². The Kier molecular flexibility index (Phi) is 4.15. The molecule has 0 aliphatic heterocycles. The van der Waals surface area contributed by atoms with Crippen molar-refractivity contribution in [3.63, 3.8) is 0 Å². The largest absolute Gasteiger partial charge is 0.478 e. The van der Waals surface area contributed by atoms with E-state index in [2.05, 4.69) is 4.98 Å². The van der Waals surface area contributed by atoms with Gasteiger partial charge in [-0.2, -0.15) is 13.2 Å². The first kappa shape index (κ1) is 17.5. The number of aromatic carboxylic acids is 1. The fourth-order valence-electron chi connectivity index (χ4n) is 2.56. The summed E-state index contributed by atoms with van der Waals surface area (Å²) in [7, 11) is 0. The van der Waals surface area contributed by atoms with E-state index in [1.165, 1.54) is 24.3 Å². The third-order valence-electron chi connectivity index (χ3n) is 3.82. The van der Waals surface area contributed by atoms with Crippen LogP contribution in [-0.4, -0.2) is 20.6 Å². The Morgan fingerprint density at radius 2 is 1.85 bits per heavy atom. The Bertz CT molecular complexity index is 1130. The van der Waals surface area contributed by atoms with Gasteiger partial charge in [-0.15, -0.1) is 0 Å². The summed E-state index contributed by atoms with van der Waals surface area (Å²) < 4.78 is 39.1. The summed E-state index contributed by atoms with van der Waals surface area (Å²) in [5, 5.41) is 9.01. The smallest absolute Gasteiger partial charge is 0.416 e. The summed E-state index contributed by atoms with van der Waals surface area (Å²) in [6.07, 6.45) is -4.54. The molecular weight excluding hydrogens is 353 g/mol. The van der Waals surface area contributed by atoms with Crippen molar-refractivity contribution in [3.8, 4) is 0 Å². The maximum Gasteiger partial charge on any atom is 0.416 e. The van der Waals surface area contributed by atoms with Crippen LogP contribution in [0.15, 0.2) is 52.1 Å². The van der Waals surface area contributed by atoms with E-state index in [9.17, 15) is 27.6 Å². The lowest BCUT2D eigenvalue weighted by atomic mass is 10.1. The molecule has 0 unspecified atom stereocenters. The number of nitrogens with zero attached hydrogens (tertiary/aromatic N) is 1. The van der Waals surface area contributed by atoms with Gasteiger partial charge < -0.3 is 10.1 Å². The van der Waals surface area contributed by atoms with Gasteiger partial charge in [0.2, 0.25) is 0 Å². The van der Waals surface area contributed by atoms with Crippen molar-refractivity contribution < 1.29 is 23.1 Å². The van der Waals surface area contributed by atoms with Crippen LogP contribution in [0.2, 0.25) is 0 Å². The molecule has 0 aliphatic carbocycles. The second-order valence-electron chi connectivity index (χ2n) is 5.59. The second kappa shape index (κ2) is 6.17. The van der Waals surface area contributed by atoms with Crippen molar-refractivity contribution in [1.29, 1.82) is 0 Å². The van der Waals surface area contributed by atoms with Crippen LogP contribution in [0.4, 0.5) is 13.2 Å². The Hall–Kier alpha value is -3.36. The van der Waals surface area contributed by atoms with Crippen LogP contribution in [0.5, 0.6) is 0 Å². The molecule has 0 saturated carbocycles. The van der Waals surface area contributed by atoms with Crippen molar-refractivity contribution in [2.45, 2.75) is 12.7 Å². The zero-order chi connectivity index (χ0) is 19.1. The highest BCUT2D eigenvalue weighted by Crippen LogP contribution is 2.29. The molecular formula is C17H11F3N2O4. The Morgan fingerprint density at radius 3 is 2.50 bits per heavy atom. The minimum atomic E-state index is -4.54. The molecule has 0 fully saturated rings. The number of fused-ring (bicyclic) bond motifs is 1. The van der Waals surface area contributed by atoms with Gasteiger partial charge in [0.15, 0.2) is 0 Å². The highest BCUT2D eigenvalue weighted by Gasteiger charge is 2.30. The number of hydrogen-bond acceptors (Lipinski definition) is 3. The van der Waals surface area contributed by atoms with E-state index in [0.717, 1.165) is 22.8 Å². The van der Waals surface area contributed by atoms with Crippen molar-refractivity contribution in [2.24, 2.45) is 0 Å². The first-order chi connectivity index (χ1) is 12.2. The van der Waals surface area contributed by atoms with Crippen LogP contribution in [0.25, 0.3) is 10.9 Å². The molecule has 2 aromatic carbocycles. The third kappa shape index (κ3) is 3.23. The predicted octanol–water partition coefficient (Wildman–Crippen LogP) is 2.46. The van der Waals surface area contributed by atoms with Gasteiger partial charge >= 0.3 is 17.8 Å². The maximum atomic E-state index is 12.8. The second-order valence-corrected chi connectivity index (χ2v) is 5.59.